The fourth-order valence-corrected chi connectivity index (χ4v) is 19.1. The molecular formula is C48H95IO7Si4. The van der Waals surface area contributed by atoms with Gasteiger partial charge in [0, 0.05) is 18.4 Å². The zero-order chi connectivity index (χ0) is 46.8. The van der Waals surface area contributed by atoms with Gasteiger partial charge in [-0.25, -0.2) is 4.79 Å². The van der Waals surface area contributed by atoms with E-state index in [1.165, 1.54) is 5.57 Å². The van der Waals surface area contributed by atoms with Crippen molar-refractivity contribution in [2.24, 2.45) is 5.92 Å². The summed E-state index contributed by atoms with van der Waals surface area (Å²) in [6.07, 6.45) is 4.69. The number of Topliss-reactive ketones (excluding diaryl/α,β-unsaturated/α-hetero) is 1. The Morgan fingerprint density at radius 3 is 1.60 bits per heavy atom. The molecule has 60 heavy (non-hydrogen) atoms. The van der Waals surface area contributed by atoms with Gasteiger partial charge in [-0.15, -0.1) is 6.58 Å². The monoisotopic (exact) mass is 1020 g/mol. The molecule has 0 spiro atoms. The van der Waals surface area contributed by atoms with Crippen molar-refractivity contribution in [1.82, 2.24) is 0 Å². The third kappa shape index (κ3) is 17.6. The summed E-state index contributed by atoms with van der Waals surface area (Å²) in [6, 6.07) is 8.73. The third-order valence-electron chi connectivity index (χ3n) is 14.6. The number of carbonyl (C=O) groups is 2. The van der Waals surface area contributed by atoms with Crippen molar-refractivity contribution in [3.63, 3.8) is 0 Å². The zero-order valence-electron chi connectivity index (χ0n) is 42.5. The lowest BCUT2D eigenvalue weighted by Crippen LogP contribution is -2.56. The molecular weight excluding hydrogens is 928 g/mol. The molecule has 0 aliphatic rings. The van der Waals surface area contributed by atoms with Crippen LogP contribution in [0.5, 0.6) is 0 Å². The number of ether oxygens (including phenoxy) is 1. The molecule has 0 fully saturated rings. The normalized spacial score (nSPS) is 17.4. The van der Waals surface area contributed by atoms with E-state index in [0.29, 0.717) is 18.4 Å². The maximum Gasteiger partial charge on any atom is 0.333 e. The number of rotatable bonds is 32. The number of unbranched alkanes of at least 4 members (excludes halogenated alkanes) is 1. The predicted octanol–water partition coefficient (Wildman–Crippen LogP) is 15.5. The summed E-state index contributed by atoms with van der Waals surface area (Å²) >= 11 is 2.35. The second kappa shape index (κ2) is 27.3. The van der Waals surface area contributed by atoms with Gasteiger partial charge in [-0.2, -0.15) is 0 Å². The van der Waals surface area contributed by atoms with Gasteiger partial charge in [0.15, 0.2) is 39.1 Å². The highest BCUT2D eigenvalue weighted by atomic mass is 127. The quantitative estimate of drug-likeness (QED) is 0.0166. The van der Waals surface area contributed by atoms with Gasteiger partial charge >= 0.3 is 5.97 Å². The minimum Gasteiger partial charge on any atom is -0.459 e. The van der Waals surface area contributed by atoms with Crippen molar-refractivity contribution in [3.05, 3.63) is 34.0 Å². The van der Waals surface area contributed by atoms with Crippen molar-refractivity contribution >= 4 is 67.6 Å². The van der Waals surface area contributed by atoms with Crippen molar-refractivity contribution in [3.8, 4) is 0 Å². The molecule has 0 aromatic rings. The average molecular weight is 1020 g/mol. The Bertz CT molecular complexity index is 1330. The van der Waals surface area contributed by atoms with Gasteiger partial charge in [-0.1, -0.05) is 125 Å². The van der Waals surface area contributed by atoms with E-state index in [1.807, 2.05) is 26.0 Å². The first kappa shape index (κ1) is 59.8. The summed E-state index contributed by atoms with van der Waals surface area (Å²) in [7, 11) is -9.04. The van der Waals surface area contributed by atoms with Gasteiger partial charge in [0.1, 0.15) is 6.10 Å². The SMILES string of the molecule is C=CCC/C=C(\C)C(=O)O[C@@H](C)C[C@@H](C)[C@H](O[Si](CC)(CC)CC)[C@@H](O[Si](CC)(CC)CC)C(=O)C[C@H](C[C@@](C)(O[Si](CC)(CC)CC)/C(C)=C/I)O[Si](C)(C)C(C)(C)C. The third-order valence-corrected chi connectivity index (χ3v) is 34.1. The Morgan fingerprint density at radius 1 is 0.717 bits per heavy atom. The van der Waals surface area contributed by atoms with Crippen LogP contribution in [0.2, 0.25) is 72.5 Å². The summed E-state index contributed by atoms with van der Waals surface area (Å²) in [5, 5.41) is -0.0550. The highest BCUT2D eigenvalue weighted by molar-refractivity contribution is 14.1. The van der Waals surface area contributed by atoms with E-state index in [1.54, 1.807) is 0 Å². The van der Waals surface area contributed by atoms with Gasteiger partial charge in [0.25, 0.3) is 0 Å². The van der Waals surface area contributed by atoms with Crippen molar-refractivity contribution in [2.75, 3.05) is 0 Å². The number of hydrogen-bond donors (Lipinski definition) is 0. The van der Waals surface area contributed by atoms with Gasteiger partial charge in [-0.3, -0.25) is 4.79 Å². The Morgan fingerprint density at radius 2 is 1.18 bits per heavy atom. The molecule has 0 heterocycles. The van der Waals surface area contributed by atoms with Crippen molar-refractivity contribution < 1.29 is 32.0 Å². The molecule has 352 valence electrons. The van der Waals surface area contributed by atoms with Crippen LogP contribution in [0.25, 0.3) is 0 Å². The molecule has 7 nitrogen and oxygen atoms in total. The average Bonchev–Trinajstić information content (AvgIpc) is 3.20. The summed E-state index contributed by atoms with van der Waals surface area (Å²) in [5.41, 5.74) is 1.18. The smallest absolute Gasteiger partial charge is 0.333 e. The molecule has 12 heteroatoms. The van der Waals surface area contributed by atoms with Crippen molar-refractivity contribution in [2.45, 2.75) is 252 Å². The maximum atomic E-state index is 15.7. The van der Waals surface area contributed by atoms with Crippen LogP contribution in [0, 0.1) is 5.92 Å². The first-order valence-corrected chi connectivity index (χ1v) is 35.6. The molecule has 0 aliphatic carbocycles. The van der Waals surface area contributed by atoms with E-state index in [0.717, 1.165) is 67.2 Å². The molecule has 0 aliphatic heterocycles. The summed E-state index contributed by atoms with van der Waals surface area (Å²) in [5.74, 6) is -0.367. The fraction of sp³-hybridized carbons (Fsp3) is 0.833. The lowest BCUT2D eigenvalue weighted by Gasteiger charge is -2.46. The molecule has 0 aromatic carbocycles. The van der Waals surface area contributed by atoms with Crippen LogP contribution in [0.1, 0.15) is 150 Å². The van der Waals surface area contributed by atoms with Crippen LogP contribution in [-0.4, -0.2) is 75.0 Å². The molecule has 0 N–H and O–H groups in total. The number of carbonyl (C=O) groups excluding carboxylic acids is 2. The summed E-state index contributed by atoms with van der Waals surface area (Å²) in [4.78, 5) is 28.9. The molecule has 0 radical (unpaired) electrons. The summed E-state index contributed by atoms with van der Waals surface area (Å²) in [6.45, 7) is 45.8. The number of allylic oxidation sites excluding steroid dienone is 2. The fourth-order valence-electron chi connectivity index (χ4n) is 8.20. The van der Waals surface area contributed by atoms with Gasteiger partial charge < -0.3 is 22.4 Å². The van der Waals surface area contributed by atoms with Crippen LogP contribution in [0.15, 0.2) is 34.0 Å². The first-order chi connectivity index (χ1) is 27.8. The molecule has 0 aromatic heterocycles. The van der Waals surface area contributed by atoms with E-state index >= 15 is 4.79 Å². The number of esters is 1. The molecule has 0 bridgehead atoms. The van der Waals surface area contributed by atoms with Crippen LogP contribution < -0.4 is 0 Å². The second-order valence-electron chi connectivity index (χ2n) is 19.5. The molecule has 0 amide bonds. The largest absolute Gasteiger partial charge is 0.459 e. The van der Waals surface area contributed by atoms with E-state index in [-0.39, 0.29) is 41.3 Å². The second-order valence-corrected chi connectivity index (χ2v) is 39.1. The molecule has 6 atom stereocenters. The van der Waals surface area contributed by atoms with Crippen molar-refractivity contribution in [1.29, 1.82) is 0 Å². The Hall–Kier alpha value is -0.202. The van der Waals surface area contributed by atoms with Crippen LogP contribution >= 0.6 is 22.6 Å². The van der Waals surface area contributed by atoms with E-state index in [9.17, 15) is 4.79 Å². The Balaban J connectivity index is 7.76. The summed E-state index contributed by atoms with van der Waals surface area (Å²) < 4.78 is 38.0. The highest BCUT2D eigenvalue weighted by Gasteiger charge is 2.48. The van der Waals surface area contributed by atoms with E-state index < -0.39 is 51.1 Å². The van der Waals surface area contributed by atoms with Gasteiger partial charge in [0.05, 0.1) is 23.9 Å². The number of ketones is 1. The molecule has 0 rings (SSSR count). The standard InChI is InChI=1S/C48H95IO7Si4/c1-21-31-32-33-38(11)46(51)52-41(14)34-39(12)44(54-58(22-2,23-3)24-4)45(55-59(25-5,26-6)27-7)43(50)35-42(53-57(19,20)47(15,16)17)36-48(18,40(13)37-49)56-60(28-8,29-9)30-10/h21,33,37,39,41-42,44-45H,1,22-32,34-36H2,2-20H3/b38-33+,40-37+/t39-,41+,42-,44+,45+,48-/m1/s1. The zero-order valence-corrected chi connectivity index (χ0v) is 48.6. The molecule has 0 saturated heterocycles. The van der Waals surface area contributed by atoms with E-state index in [2.05, 4.69) is 150 Å². The molecule has 0 saturated carbocycles. The Labute approximate surface area is 389 Å². The van der Waals surface area contributed by atoms with Crippen LogP contribution in [0.3, 0.4) is 0 Å². The molecule has 0 unspecified atom stereocenters. The topological polar surface area (TPSA) is 80.3 Å². The minimum atomic E-state index is -2.36. The predicted molar refractivity (Wildman–Crippen MR) is 277 cm³/mol. The first-order valence-electron chi connectivity index (χ1n) is 23.8. The van der Waals surface area contributed by atoms with Gasteiger partial charge in [-0.05, 0) is 135 Å². The minimum absolute atomic E-state index is 0.0550. The Kier molecular flexibility index (Phi) is 27.2. The lowest BCUT2D eigenvalue weighted by molar-refractivity contribution is -0.146. The van der Waals surface area contributed by atoms with E-state index in [4.69, 9.17) is 22.4 Å². The van der Waals surface area contributed by atoms with Crippen LogP contribution in [0.4, 0.5) is 0 Å². The number of halogens is 1. The van der Waals surface area contributed by atoms with Gasteiger partial charge in [0.2, 0.25) is 0 Å². The lowest BCUT2D eigenvalue weighted by atomic mass is 9.87. The highest BCUT2D eigenvalue weighted by Crippen LogP contribution is 2.42. The maximum absolute atomic E-state index is 15.7. The number of hydrogen-bond acceptors (Lipinski definition) is 7. The van der Waals surface area contributed by atoms with Crippen LogP contribution in [-0.2, 0) is 32.0 Å².